The fraction of sp³-hybridized carbons (Fsp3) is 0.154. The van der Waals surface area contributed by atoms with E-state index in [0.717, 1.165) is 5.69 Å². The minimum atomic E-state index is -3.57. The van der Waals surface area contributed by atoms with Crippen LogP contribution in [0.3, 0.4) is 0 Å². The maximum Gasteiger partial charge on any atom is 0.242 e. The van der Waals surface area contributed by atoms with Gasteiger partial charge in [0.25, 0.3) is 0 Å². The van der Waals surface area contributed by atoms with Crippen molar-refractivity contribution in [3.8, 4) is 11.5 Å². The highest BCUT2D eigenvalue weighted by atomic mass is 32.2. The summed E-state index contributed by atoms with van der Waals surface area (Å²) in [6.07, 6.45) is 1.59. The molecule has 3 N–H and O–H groups in total. The molecule has 1 heterocycles. The monoisotopic (exact) mass is 293 g/mol. The van der Waals surface area contributed by atoms with Crippen LogP contribution in [0.1, 0.15) is 5.69 Å². The predicted octanol–water partition coefficient (Wildman–Crippen LogP) is 1.67. The molecule has 0 amide bonds. The van der Waals surface area contributed by atoms with E-state index in [1.54, 1.807) is 18.3 Å². The average Bonchev–Trinajstić information content (AvgIpc) is 2.41. The Balaban J connectivity index is 2.28. The van der Waals surface area contributed by atoms with Gasteiger partial charge in [0.05, 0.1) is 11.9 Å². The molecule has 0 aliphatic carbocycles. The number of anilines is 1. The lowest BCUT2D eigenvalue weighted by atomic mass is 10.3. The third kappa shape index (κ3) is 3.06. The van der Waals surface area contributed by atoms with Gasteiger partial charge in [-0.15, -0.1) is 0 Å². The second-order valence-electron chi connectivity index (χ2n) is 4.14. The Morgan fingerprint density at radius 2 is 1.90 bits per heavy atom. The quantitative estimate of drug-likeness (QED) is 0.836. The van der Waals surface area contributed by atoms with Gasteiger partial charge in [0.2, 0.25) is 10.0 Å². The standard InChI is InChI=1S/C13H15N3O3S/c1-9-3-4-11(8-16-9)19-10-5-6-13(12(14)7-10)20(17,18)15-2/h3-8,15H,14H2,1-2H3. The Bertz CT molecular complexity index is 712. The Morgan fingerprint density at radius 1 is 1.20 bits per heavy atom. The average molecular weight is 293 g/mol. The van der Waals surface area contributed by atoms with Gasteiger partial charge in [0, 0.05) is 11.8 Å². The van der Waals surface area contributed by atoms with Gasteiger partial charge in [-0.3, -0.25) is 4.98 Å². The zero-order chi connectivity index (χ0) is 14.8. The zero-order valence-corrected chi connectivity index (χ0v) is 11.9. The lowest BCUT2D eigenvalue weighted by Crippen LogP contribution is -2.19. The molecule has 0 saturated heterocycles. The molecule has 2 rings (SSSR count). The number of nitrogen functional groups attached to an aromatic ring is 1. The van der Waals surface area contributed by atoms with Gasteiger partial charge in [-0.2, -0.15) is 0 Å². The number of pyridine rings is 1. The van der Waals surface area contributed by atoms with Gasteiger partial charge in [-0.1, -0.05) is 0 Å². The highest BCUT2D eigenvalue weighted by Crippen LogP contribution is 2.27. The van der Waals surface area contributed by atoms with Crippen molar-refractivity contribution >= 4 is 15.7 Å². The van der Waals surface area contributed by atoms with Crippen LogP contribution in [0.5, 0.6) is 11.5 Å². The molecule has 0 radical (unpaired) electrons. The number of nitrogens with two attached hydrogens (primary N) is 1. The Morgan fingerprint density at radius 3 is 2.45 bits per heavy atom. The first-order valence-electron chi connectivity index (χ1n) is 5.86. The molecule has 2 aromatic rings. The minimum absolute atomic E-state index is 0.0226. The predicted molar refractivity (Wildman–Crippen MR) is 76.1 cm³/mol. The zero-order valence-electron chi connectivity index (χ0n) is 11.1. The number of aryl methyl sites for hydroxylation is 1. The molecule has 7 heteroatoms. The topological polar surface area (TPSA) is 94.3 Å². The highest BCUT2D eigenvalue weighted by Gasteiger charge is 2.15. The van der Waals surface area contributed by atoms with E-state index in [1.165, 1.54) is 19.2 Å². The Labute approximate surface area is 117 Å². The summed E-state index contributed by atoms with van der Waals surface area (Å²) in [7, 11) is -2.24. The first kappa shape index (κ1) is 14.3. The highest BCUT2D eigenvalue weighted by molar-refractivity contribution is 7.89. The number of hydrogen-bond acceptors (Lipinski definition) is 5. The SMILES string of the molecule is CNS(=O)(=O)c1ccc(Oc2ccc(C)nc2)cc1N. The van der Waals surface area contributed by atoms with Gasteiger partial charge in [-0.05, 0) is 38.2 Å². The Hall–Kier alpha value is -2.12. The van der Waals surface area contributed by atoms with Crippen LogP contribution in [0.25, 0.3) is 0 Å². The number of ether oxygens (including phenoxy) is 1. The van der Waals surface area contributed by atoms with Crippen molar-refractivity contribution in [3.05, 3.63) is 42.2 Å². The lowest BCUT2D eigenvalue weighted by molar-refractivity contribution is 0.480. The number of sulfonamides is 1. The summed E-state index contributed by atoms with van der Waals surface area (Å²) in [6, 6.07) is 8.00. The third-order valence-electron chi connectivity index (χ3n) is 2.66. The van der Waals surface area contributed by atoms with Crippen LogP contribution in [0, 0.1) is 6.92 Å². The van der Waals surface area contributed by atoms with Crippen molar-refractivity contribution in [2.45, 2.75) is 11.8 Å². The fourth-order valence-corrected chi connectivity index (χ4v) is 2.43. The van der Waals surface area contributed by atoms with Gasteiger partial charge in [-0.25, -0.2) is 13.1 Å². The van der Waals surface area contributed by atoms with Gasteiger partial charge >= 0.3 is 0 Å². The molecule has 0 fully saturated rings. The van der Waals surface area contributed by atoms with E-state index in [9.17, 15) is 8.42 Å². The number of aromatic nitrogens is 1. The second-order valence-corrected chi connectivity index (χ2v) is 6.00. The molecular formula is C13H15N3O3S. The van der Waals surface area contributed by atoms with Crippen LogP contribution < -0.4 is 15.2 Å². The van der Waals surface area contributed by atoms with E-state index in [1.807, 2.05) is 13.0 Å². The smallest absolute Gasteiger partial charge is 0.242 e. The summed E-state index contributed by atoms with van der Waals surface area (Å²) in [6.45, 7) is 1.87. The molecular weight excluding hydrogens is 278 g/mol. The van der Waals surface area contributed by atoms with Crippen molar-refractivity contribution in [2.75, 3.05) is 12.8 Å². The van der Waals surface area contributed by atoms with E-state index in [0.29, 0.717) is 11.5 Å². The van der Waals surface area contributed by atoms with Crippen LogP contribution in [-0.4, -0.2) is 20.4 Å². The fourth-order valence-electron chi connectivity index (χ4n) is 1.60. The van der Waals surface area contributed by atoms with Crippen molar-refractivity contribution in [1.29, 1.82) is 0 Å². The van der Waals surface area contributed by atoms with Crippen LogP contribution in [0.2, 0.25) is 0 Å². The molecule has 1 aromatic carbocycles. The molecule has 0 aliphatic rings. The molecule has 1 aromatic heterocycles. The van der Waals surface area contributed by atoms with E-state index in [-0.39, 0.29) is 10.6 Å². The molecule has 106 valence electrons. The molecule has 0 aliphatic heterocycles. The number of hydrogen-bond donors (Lipinski definition) is 2. The third-order valence-corrected chi connectivity index (χ3v) is 4.15. The number of nitrogens with one attached hydrogen (secondary N) is 1. The molecule has 20 heavy (non-hydrogen) atoms. The van der Waals surface area contributed by atoms with Crippen LogP contribution in [-0.2, 0) is 10.0 Å². The summed E-state index contributed by atoms with van der Waals surface area (Å²) < 4.78 is 31.1. The molecule has 6 nitrogen and oxygen atoms in total. The first-order valence-corrected chi connectivity index (χ1v) is 7.34. The number of nitrogens with zero attached hydrogens (tertiary/aromatic N) is 1. The van der Waals surface area contributed by atoms with E-state index in [2.05, 4.69) is 9.71 Å². The van der Waals surface area contributed by atoms with Gasteiger partial charge in [0.1, 0.15) is 16.4 Å². The molecule has 0 bridgehead atoms. The van der Waals surface area contributed by atoms with Crippen LogP contribution in [0.4, 0.5) is 5.69 Å². The summed E-state index contributed by atoms with van der Waals surface area (Å²) in [4.78, 5) is 4.13. The van der Waals surface area contributed by atoms with Crippen LogP contribution >= 0.6 is 0 Å². The van der Waals surface area contributed by atoms with Crippen molar-refractivity contribution in [3.63, 3.8) is 0 Å². The largest absolute Gasteiger partial charge is 0.456 e. The molecule has 0 spiro atoms. The molecule has 0 atom stereocenters. The second kappa shape index (κ2) is 5.48. The van der Waals surface area contributed by atoms with Gasteiger partial charge in [0.15, 0.2) is 0 Å². The number of rotatable bonds is 4. The van der Waals surface area contributed by atoms with E-state index in [4.69, 9.17) is 10.5 Å². The van der Waals surface area contributed by atoms with Gasteiger partial charge < -0.3 is 10.5 Å². The minimum Gasteiger partial charge on any atom is -0.456 e. The van der Waals surface area contributed by atoms with Crippen molar-refractivity contribution in [2.24, 2.45) is 0 Å². The Kier molecular flexibility index (Phi) is 3.91. The van der Waals surface area contributed by atoms with Crippen LogP contribution in [0.15, 0.2) is 41.4 Å². The molecule has 0 unspecified atom stereocenters. The van der Waals surface area contributed by atoms with Crippen molar-refractivity contribution < 1.29 is 13.2 Å². The number of benzene rings is 1. The normalized spacial score (nSPS) is 11.3. The summed E-state index contributed by atoms with van der Waals surface area (Å²) in [5.74, 6) is 1.00. The molecule has 0 saturated carbocycles. The summed E-state index contributed by atoms with van der Waals surface area (Å²) in [5, 5.41) is 0. The summed E-state index contributed by atoms with van der Waals surface area (Å²) in [5.41, 5.74) is 6.75. The maximum atomic E-state index is 11.7. The van der Waals surface area contributed by atoms with E-state index < -0.39 is 10.0 Å². The summed E-state index contributed by atoms with van der Waals surface area (Å²) >= 11 is 0. The first-order chi connectivity index (χ1) is 9.42. The van der Waals surface area contributed by atoms with Crippen molar-refractivity contribution in [1.82, 2.24) is 9.71 Å². The lowest BCUT2D eigenvalue weighted by Gasteiger charge is -2.09. The van der Waals surface area contributed by atoms with E-state index >= 15 is 0 Å². The maximum absolute atomic E-state index is 11.7.